The summed E-state index contributed by atoms with van der Waals surface area (Å²) >= 11 is 0. The third-order valence-corrected chi connectivity index (χ3v) is 5.17. The first-order valence-corrected chi connectivity index (χ1v) is 10.1. The molecule has 148 valence electrons. The summed E-state index contributed by atoms with van der Waals surface area (Å²) in [6, 6.07) is 36.6. The van der Waals surface area contributed by atoms with Crippen LogP contribution in [-0.4, -0.2) is 9.97 Å². The summed E-state index contributed by atoms with van der Waals surface area (Å²) in [5.74, 6) is 0.386. The molecule has 0 aliphatic rings. The maximum absolute atomic E-state index is 13.7. The zero-order chi connectivity index (χ0) is 21.0. The van der Waals surface area contributed by atoms with Crippen molar-refractivity contribution >= 4 is 0 Å². The first-order valence-electron chi connectivity index (χ1n) is 10.1. The topological polar surface area (TPSA) is 25.8 Å². The molecule has 0 aliphatic heterocycles. The van der Waals surface area contributed by atoms with E-state index in [4.69, 9.17) is 9.97 Å². The van der Waals surface area contributed by atoms with E-state index in [9.17, 15) is 4.39 Å². The van der Waals surface area contributed by atoms with E-state index in [1.165, 1.54) is 12.1 Å². The summed E-state index contributed by atoms with van der Waals surface area (Å²) in [5.41, 5.74) is 6.32. The number of nitrogens with zero attached hydrogens (tertiary/aromatic N) is 2. The van der Waals surface area contributed by atoms with E-state index in [1.807, 2.05) is 91.0 Å². The third kappa shape index (κ3) is 3.86. The Labute approximate surface area is 180 Å². The molecule has 0 spiro atoms. The highest BCUT2D eigenvalue weighted by Crippen LogP contribution is 2.39. The lowest BCUT2D eigenvalue weighted by molar-refractivity contribution is 0.628. The largest absolute Gasteiger partial charge is 0.227 e. The van der Waals surface area contributed by atoms with Crippen molar-refractivity contribution in [2.24, 2.45) is 0 Å². The summed E-state index contributed by atoms with van der Waals surface area (Å²) < 4.78 is 13.7. The number of benzene rings is 4. The Kier molecular flexibility index (Phi) is 5.07. The van der Waals surface area contributed by atoms with Gasteiger partial charge in [0.05, 0.1) is 11.4 Å². The molecule has 3 heteroatoms. The Bertz CT molecular complexity index is 1240. The molecule has 1 aromatic heterocycles. The zero-order valence-corrected chi connectivity index (χ0v) is 16.7. The van der Waals surface area contributed by atoms with Crippen molar-refractivity contribution in [1.82, 2.24) is 9.97 Å². The van der Waals surface area contributed by atoms with Crippen LogP contribution >= 0.6 is 0 Å². The first-order chi connectivity index (χ1) is 15.3. The molecule has 4 aromatic carbocycles. The number of hydrogen-bond acceptors (Lipinski definition) is 2. The van der Waals surface area contributed by atoms with E-state index >= 15 is 0 Å². The van der Waals surface area contributed by atoms with Gasteiger partial charge in [0.15, 0.2) is 5.82 Å². The molecule has 2 nitrogen and oxygen atoms in total. The highest BCUT2D eigenvalue weighted by Gasteiger charge is 2.19. The van der Waals surface area contributed by atoms with E-state index in [0.29, 0.717) is 5.82 Å². The van der Waals surface area contributed by atoms with Gasteiger partial charge in [0, 0.05) is 22.3 Å². The van der Waals surface area contributed by atoms with E-state index < -0.39 is 0 Å². The Balaban J connectivity index is 1.87. The minimum atomic E-state index is -0.270. The van der Waals surface area contributed by atoms with E-state index in [2.05, 4.69) is 0 Å². The Morgan fingerprint density at radius 1 is 0.419 bits per heavy atom. The maximum Gasteiger partial charge on any atom is 0.160 e. The number of halogens is 1. The molecular weight excluding hydrogens is 383 g/mol. The van der Waals surface area contributed by atoms with E-state index in [-0.39, 0.29) is 5.82 Å². The van der Waals surface area contributed by atoms with Crippen molar-refractivity contribution in [2.75, 3.05) is 0 Å². The van der Waals surface area contributed by atoms with Crippen molar-refractivity contribution < 1.29 is 4.39 Å². The second-order valence-electron chi connectivity index (χ2n) is 7.22. The van der Waals surface area contributed by atoms with Crippen LogP contribution in [0.3, 0.4) is 0 Å². The molecule has 0 atom stereocenters. The molecule has 0 amide bonds. The van der Waals surface area contributed by atoms with Gasteiger partial charge in [0.2, 0.25) is 0 Å². The van der Waals surface area contributed by atoms with Crippen molar-refractivity contribution in [3.05, 3.63) is 121 Å². The number of rotatable bonds is 4. The lowest BCUT2D eigenvalue weighted by Gasteiger charge is -2.17. The van der Waals surface area contributed by atoms with Crippen LogP contribution in [0.4, 0.5) is 4.39 Å². The van der Waals surface area contributed by atoms with Crippen LogP contribution < -0.4 is 0 Å². The first kappa shape index (κ1) is 18.9. The Morgan fingerprint density at radius 3 is 1.29 bits per heavy atom. The van der Waals surface area contributed by atoms with Crippen molar-refractivity contribution in [1.29, 1.82) is 0 Å². The second-order valence-corrected chi connectivity index (χ2v) is 7.22. The molecule has 0 bridgehead atoms. The van der Waals surface area contributed by atoms with Gasteiger partial charge >= 0.3 is 0 Å². The molecule has 0 saturated carbocycles. The lowest BCUT2D eigenvalue weighted by atomic mass is 9.94. The highest BCUT2D eigenvalue weighted by molar-refractivity contribution is 5.92. The van der Waals surface area contributed by atoms with Gasteiger partial charge in [0.25, 0.3) is 0 Å². The van der Waals surface area contributed by atoms with Gasteiger partial charge in [-0.1, -0.05) is 103 Å². The maximum atomic E-state index is 13.7. The van der Waals surface area contributed by atoms with Crippen molar-refractivity contribution in [2.45, 2.75) is 0 Å². The van der Waals surface area contributed by atoms with Gasteiger partial charge in [-0.05, 0) is 17.7 Å². The fourth-order valence-electron chi connectivity index (χ4n) is 3.68. The number of hydrogen-bond donors (Lipinski definition) is 0. The normalized spacial score (nSPS) is 10.7. The van der Waals surface area contributed by atoms with Gasteiger partial charge in [-0.25, -0.2) is 14.4 Å². The van der Waals surface area contributed by atoms with Gasteiger partial charge < -0.3 is 0 Å². The van der Waals surface area contributed by atoms with Crippen molar-refractivity contribution in [3.8, 4) is 45.0 Å². The standard InChI is InChI=1S/C28H19FN2/c29-24-18-16-20(17-19-24)25-26(21-10-4-1-5-11-21)30-28(23-14-8-3-9-15-23)31-27(25)22-12-6-2-7-13-22/h1-19H. The molecule has 0 saturated heterocycles. The molecule has 0 radical (unpaired) electrons. The summed E-state index contributed by atoms with van der Waals surface area (Å²) in [4.78, 5) is 9.99. The SMILES string of the molecule is Fc1ccc(-c2c(-c3ccccc3)nc(-c3ccccc3)nc2-c2ccccc2)cc1. The Hall–Kier alpha value is -4.11. The van der Waals surface area contributed by atoms with E-state index in [1.54, 1.807) is 12.1 Å². The average Bonchev–Trinajstić information content (AvgIpc) is 2.85. The molecule has 1 heterocycles. The minimum absolute atomic E-state index is 0.270. The molecule has 0 aliphatic carbocycles. The predicted molar refractivity (Wildman–Crippen MR) is 124 cm³/mol. The molecule has 5 aromatic rings. The van der Waals surface area contributed by atoms with Crippen LogP contribution in [0.1, 0.15) is 0 Å². The summed E-state index contributed by atoms with van der Waals surface area (Å²) in [5, 5.41) is 0. The molecular formula is C28H19FN2. The number of aromatic nitrogens is 2. The minimum Gasteiger partial charge on any atom is -0.227 e. The fraction of sp³-hybridized carbons (Fsp3) is 0. The van der Waals surface area contributed by atoms with E-state index in [0.717, 1.165) is 39.2 Å². The summed E-state index contributed by atoms with van der Waals surface area (Å²) in [6.45, 7) is 0. The average molecular weight is 402 g/mol. The third-order valence-electron chi connectivity index (χ3n) is 5.17. The molecule has 0 unspecified atom stereocenters. The van der Waals surface area contributed by atoms with Gasteiger partial charge in [0.1, 0.15) is 5.82 Å². The summed E-state index contributed by atoms with van der Waals surface area (Å²) in [7, 11) is 0. The second kappa shape index (κ2) is 8.33. The monoisotopic (exact) mass is 402 g/mol. The van der Waals surface area contributed by atoms with Crippen LogP contribution in [0.25, 0.3) is 45.0 Å². The van der Waals surface area contributed by atoms with Gasteiger partial charge in [-0.2, -0.15) is 0 Å². The molecule has 31 heavy (non-hydrogen) atoms. The Morgan fingerprint density at radius 2 is 0.839 bits per heavy atom. The van der Waals surface area contributed by atoms with Crippen molar-refractivity contribution in [3.63, 3.8) is 0 Å². The van der Waals surface area contributed by atoms with Crippen LogP contribution in [0.15, 0.2) is 115 Å². The van der Waals surface area contributed by atoms with Crippen LogP contribution in [0.2, 0.25) is 0 Å². The predicted octanol–water partition coefficient (Wildman–Crippen LogP) is 7.28. The zero-order valence-electron chi connectivity index (χ0n) is 16.7. The van der Waals surface area contributed by atoms with Gasteiger partial charge in [-0.15, -0.1) is 0 Å². The lowest BCUT2D eigenvalue weighted by Crippen LogP contribution is -2.00. The van der Waals surface area contributed by atoms with Crippen LogP contribution in [0, 0.1) is 5.82 Å². The molecule has 0 N–H and O–H groups in total. The highest BCUT2D eigenvalue weighted by atomic mass is 19.1. The quantitative estimate of drug-likeness (QED) is 0.316. The summed E-state index contributed by atoms with van der Waals surface area (Å²) in [6.07, 6.45) is 0. The van der Waals surface area contributed by atoms with Crippen LogP contribution in [-0.2, 0) is 0 Å². The van der Waals surface area contributed by atoms with Gasteiger partial charge in [-0.3, -0.25) is 0 Å². The molecule has 5 rings (SSSR count). The fourth-order valence-corrected chi connectivity index (χ4v) is 3.68. The smallest absolute Gasteiger partial charge is 0.160 e. The molecule has 0 fully saturated rings. The van der Waals surface area contributed by atoms with Crippen LogP contribution in [0.5, 0.6) is 0 Å².